The van der Waals surface area contributed by atoms with Crippen LogP contribution < -0.4 is 9.21 Å². The molecule has 1 aromatic heterocycles. The predicted molar refractivity (Wildman–Crippen MR) is 78.2 cm³/mol. The number of sulfonamides is 1. The molecule has 0 radical (unpaired) electrons. The molecule has 0 unspecified atom stereocenters. The van der Waals surface area contributed by atoms with Crippen molar-refractivity contribution in [3.05, 3.63) is 18.5 Å². The summed E-state index contributed by atoms with van der Waals surface area (Å²) in [5, 5.41) is 0. The molecule has 2 rings (SSSR count). The van der Waals surface area contributed by atoms with Gasteiger partial charge in [0.25, 0.3) is 0 Å². The van der Waals surface area contributed by atoms with E-state index in [-0.39, 0.29) is 5.75 Å². The smallest absolute Gasteiger partial charge is 0.235 e. The molecule has 0 bridgehead atoms. The highest BCUT2D eigenvalue weighted by atomic mass is 32.2. The van der Waals surface area contributed by atoms with Crippen molar-refractivity contribution in [3.63, 3.8) is 0 Å². The molecule has 2 heterocycles. The lowest BCUT2D eigenvalue weighted by atomic mass is 10.2. The second kappa shape index (κ2) is 5.77. The zero-order valence-corrected chi connectivity index (χ0v) is 12.4. The summed E-state index contributed by atoms with van der Waals surface area (Å²) >= 11 is 0. The van der Waals surface area contributed by atoms with E-state index in [0.717, 1.165) is 24.9 Å². The monoisotopic (exact) mass is 283 g/mol. The summed E-state index contributed by atoms with van der Waals surface area (Å²) in [6.07, 6.45) is 6.04. The minimum atomic E-state index is -3.23. The normalized spacial score (nSPS) is 15.5. The van der Waals surface area contributed by atoms with Crippen molar-refractivity contribution in [2.75, 3.05) is 35.1 Å². The first-order valence-corrected chi connectivity index (χ1v) is 8.32. The number of unbranched alkanes of at least 4 members (excludes halogenated alkanes) is 2. The van der Waals surface area contributed by atoms with Crippen LogP contribution in [0.2, 0.25) is 0 Å². The van der Waals surface area contributed by atoms with Crippen LogP contribution in [0.3, 0.4) is 0 Å². The lowest BCUT2D eigenvalue weighted by molar-refractivity contribution is 0.584. The fourth-order valence-corrected chi connectivity index (χ4v) is 3.90. The van der Waals surface area contributed by atoms with Crippen LogP contribution >= 0.6 is 0 Å². The van der Waals surface area contributed by atoms with Gasteiger partial charge in [0.05, 0.1) is 29.9 Å². The van der Waals surface area contributed by atoms with Crippen molar-refractivity contribution < 1.29 is 8.42 Å². The molecule has 0 amide bonds. The Hall–Kier alpha value is -1.30. The van der Waals surface area contributed by atoms with Gasteiger partial charge in [-0.3, -0.25) is 9.29 Å². The topological polar surface area (TPSA) is 53.5 Å². The second-order valence-electron chi connectivity index (χ2n) is 4.88. The Morgan fingerprint density at radius 2 is 2.05 bits per heavy atom. The summed E-state index contributed by atoms with van der Waals surface area (Å²) in [6.45, 7) is 3.29. The maximum Gasteiger partial charge on any atom is 0.235 e. The fraction of sp³-hybridized carbons (Fsp3) is 0.615. The maximum absolute atomic E-state index is 12.4. The summed E-state index contributed by atoms with van der Waals surface area (Å²) < 4.78 is 26.3. The third kappa shape index (κ3) is 3.00. The van der Waals surface area contributed by atoms with E-state index in [0.29, 0.717) is 18.8 Å². The first-order chi connectivity index (χ1) is 9.06. The Bertz CT molecular complexity index is 530. The number of hydrogen-bond acceptors (Lipinski definition) is 4. The molecule has 1 aromatic rings. The van der Waals surface area contributed by atoms with Gasteiger partial charge in [-0.05, 0) is 12.5 Å². The number of aromatic nitrogens is 1. The van der Waals surface area contributed by atoms with Crippen molar-refractivity contribution in [2.24, 2.45) is 0 Å². The van der Waals surface area contributed by atoms with Crippen LogP contribution in [-0.2, 0) is 10.0 Å². The summed E-state index contributed by atoms with van der Waals surface area (Å²) in [5.74, 6) is 0.221. The van der Waals surface area contributed by atoms with Crippen LogP contribution in [0.15, 0.2) is 18.5 Å². The van der Waals surface area contributed by atoms with Gasteiger partial charge >= 0.3 is 0 Å². The molecule has 0 saturated heterocycles. The largest absolute Gasteiger partial charge is 0.371 e. The minimum absolute atomic E-state index is 0.221. The van der Waals surface area contributed by atoms with E-state index in [2.05, 4.69) is 16.8 Å². The zero-order chi connectivity index (χ0) is 13.9. The van der Waals surface area contributed by atoms with E-state index in [4.69, 9.17) is 0 Å². The van der Waals surface area contributed by atoms with Crippen LogP contribution in [0, 0.1) is 0 Å². The molecular formula is C13H21N3O2S. The first-order valence-electron chi connectivity index (χ1n) is 6.72. The third-order valence-corrected chi connectivity index (χ3v) is 5.29. The molecule has 0 N–H and O–H groups in total. The van der Waals surface area contributed by atoms with Crippen LogP contribution in [0.1, 0.15) is 26.2 Å². The number of nitrogens with zero attached hydrogens (tertiary/aromatic N) is 3. The molecule has 6 heteroatoms. The molecule has 19 heavy (non-hydrogen) atoms. The molecule has 0 saturated carbocycles. The van der Waals surface area contributed by atoms with Gasteiger partial charge in [0.1, 0.15) is 0 Å². The second-order valence-corrected chi connectivity index (χ2v) is 6.89. The Kier molecular flexibility index (Phi) is 4.29. The van der Waals surface area contributed by atoms with Gasteiger partial charge in [0.2, 0.25) is 10.0 Å². The zero-order valence-electron chi connectivity index (χ0n) is 11.5. The van der Waals surface area contributed by atoms with Crippen LogP contribution in [0.5, 0.6) is 0 Å². The number of rotatable bonds is 5. The van der Waals surface area contributed by atoms with Crippen molar-refractivity contribution in [1.29, 1.82) is 0 Å². The molecule has 0 atom stereocenters. The number of anilines is 2. The Morgan fingerprint density at radius 1 is 1.26 bits per heavy atom. The van der Waals surface area contributed by atoms with Gasteiger partial charge < -0.3 is 4.90 Å². The Balaban J connectivity index is 2.24. The maximum atomic E-state index is 12.4. The van der Waals surface area contributed by atoms with E-state index < -0.39 is 10.0 Å². The fourth-order valence-electron chi connectivity index (χ4n) is 2.31. The standard InChI is InChI=1S/C13H21N3O2S/c1-3-4-5-10-19(17,18)16-9-8-15(2)12-6-7-14-11-13(12)16/h6-7,11H,3-5,8-10H2,1-2H3. The molecule has 1 aliphatic rings. The molecule has 0 aromatic carbocycles. The van der Waals surface area contributed by atoms with Gasteiger partial charge in [-0.2, -0.15) is 0 Å². The quantitative estimate of drug-likeness (QED) is 0.774. The molecule has 0 spiro atoms. The molecule has 0 fully saturated rings. The van der Waals surface area contributed by atoms with Crippen molar-refractivity contribution in [3.8, 4) is 0 Å². The minimum Gasteiger partial charge on any atom is -0.371 e. The summed E-state index contributed by atoms with van der Waals surface area (Å²) in [7, 11) is -1.25. The highest BCUT2D eigenvalue weighted by Gasteiger charge is 2.29. The molecular weight excluding hydrogens is 262 g/mol. The molecule has 106 valence electrons. The van der Waals surface area contributed by atoms with Crippen LogP contribution in [0.25, 0.3) is 0 Å². The van der Waals surface area contributed by atoms with Crippen molar-refractivity contribution in [2.45, 2.75) is 26.2 Å². The van der Waals surface area contributed by atoms with Gasteiger partial charge in [-0.1, -0.05) is 19.8 Å². The van der Waals surface area contributed by atoms with E-state index in [1.54, 1.807) is 12.4 Å². The average Bonchev–Trinajstić information content (AvgIpc) is 2.39. The Labute approximate surface area is 115 Å². The summed E-state index contributed by atoms with van der Waals surface area (Å²) in [5.41, 5.74) is 1.63. The van der Waals surface area contributed by atoms with Crippen molar-refractivity contribution >= 4 is 21.4 Å². The van der Waals surface area contributed by atoms with Crippen LogP contribution in [-0.4, -0.2) is 39.3 Å². The molecule has 5 nitrogen and oxygen atoms in total. The summed E-state index contributed by atoms with van der Waals surface area (Å²) in [6, 6.07) is 1.86. The van der Waals surface area contributed by atoms with Gasteiger partial charge in [-0.25, -0.2) is 8.42 Å². The van der Waals surface area contributed by atoms with Gasteiger partial charge in [-0.15, -0.1) is 0 Å². The number of hydrogen-bond donors (Lipinski definition) is 0. The number of pyridine rings is 1. The van der Waals surface area contributed by atoms with Gasteiger partial charge in [0, 0.05) is 19.8 Å². The molecule has 1 aliphatic heterocycles. The number of fused-ring (bicyclic) bond motifs is 1. The van der Waals surface area contributed by atoms with Crippen LogP contribution in [0.4, 0.5) is 11.4 Å². The highest BCUT2D eigenvalue weighted by Crippen LogP contribution is 2.32. The Morgan fingerprint density at radius 3 is 2.79 bits per heavy atom. The number of likely N-dealkylation sites (N-methyl/N-ethyl adjacent to an activating group) is 1. The highest BCUT2D eigenvalue weighted by molar-refractivity contribution is 7.92. The van der Waals surface area contributed by atoms with Crippen molar-refractivity contribution in [1.82, 2.24) is 4.98 Å². The molecule has 0 aliphatic carbocycles. The van der Waals surface area contributed by atoms with E-state index >= 15 is 0 Å². The van der Waals surface area contributed by atoms with E-state index in [1.807, 2.05) is 13.1 Å². The summed E-state index contributed by atoms with van der Waals surface area (Å²) in [4.78, 5) is 6.12. The lowest BCUT2D eigenvalue weighted by Crippen LogP contribution is -2.43. The first kappa shape index (κ1) is 14.1. The van der Waals surface area contributed by atoms with E-state index in [1.165, 1.54) is 4.31 Å². The SMILES string of the molecule is CCCCCS(=O)(=O)N1CCN(C)c2ccncc21. The third-order valence-electron chi connectivity index (χ3n) is 3.44. The lowest BCUT2D eigenvalue weighted by Gasteiger charge is -2.35. The average molecular weight is 283 g/mol. The van der Waals surface area contributed by atoms with Gasteiger partial charge in [0.15, 0.2) is 0 Å². The predicted octanol–water partition coefficient (Wildman–Crippen LogP) is 1.86. The van der Waals surface area contributed by atoms with E-state index in [9.17, 15) is 8.42 Å².